The lowest BCUT2D eigenvalue weighted by atomic mass is 10.1. The lowest BCUT2D eigenvalue weighted by Gasteiger charge is -1.97. The average molecular weight is 272 g/mol. The first-order valence-electron chi connectivity index (χ1n) is 5.81. The monoisotopic (exact) mass is 272 g/mol. The van der Waals surface area contributed by atoms with E-state index >= 15 is 0 Å². The van der Waals surface area contributed by atoms with Crippen molar-refractivity contribution in [3.05, 3.63) is 40.5 Å². The molecule has 0 saturated carbocycles. The molecule has 2 heterocycles. The largest absolute Gasteiger partial charge is 0.351 e. The van der Waals surface area contributed by atoms with E-state index in [1.807, 2.05) is 26.0 Å². The van der Waals surface area contributed by atoms with Crippen molar-refractivity contribution in [1.82, 2.24) is 15.2 Å². The summed E-state index contributed by atoms with van der Waals surface area (Å²) in [4.78, 5) is 15.2. The van der Waals surface area contributed by atoms with Crippen molar-refractivity contribution in [2.45, 2.75) is 13.8 Å². The topological polar surface area (TPSA) is 70.7 Å². The van der Waals surface area contributed by atoms with Gasteiger partial charge in [0, 0.05) is 10.9 Å². The van der Waals surface area contributed by atoms with Gasteiger partial charge >= 0.3 is 0 Å². The van der Waals surface area contributed by atoms with E-state index in [1.54, 1.807) is 5.51 Å². The molecule has 1 aromatic carbocycles. The molecule has 0 atom stereocenters. The number of aromatic nitrogens is 3. The third kappa shape index (κ3) is 2.22. The Hall–Kier alpha value is -2.21. The number of aryl methyl sites for hydroxylation is 2. The third-order valence-corrected chi connectivity index (χ3v) is 3.52. The number of amides is 1. The van der Waals surface area contributed by atoms with Crippen LogP contribution in [-0.4, -0.2) is 21.1 Å². The highest BCUT2D eigenvalue weighted by molar-refractivity contribution is 7.13. The molecule has 6 heteroatoms. The van der Waals surface area contributed by atoms with Gasteiger partial charge in [0.15, 0.2) is 0 Å². The van der Waals surface area contributed by atoms with Crippen LogP contribution >= 0.6 is 11.3 Å². The van der Waals surface area contributed by atoms with Crippen LogP contribution in [0.1, 0.15) is 21.6 Å². The number of rotatable bonds is 2. The molecule has 0 fully saturated rings. The zero-order valence-electron chi connectivity index (χ0n) is 10.5. The summed E-state index contributed by atoms with van der Waals surface area (Å²) < 4.78 is 0. The van der Waals surface area contributed by atoms with Gasteiger partial charge in [-0.2, -0.15) is 0 Å². The fourth-order valence-electron chi connectivity index (χ4n) is 2.11. The van der Waals surface area contributed by atoms with Crippen molar-refractivity contribution in [2.24, 2.45) is 0 Å². The number of nitrogens with one attached hydrogen (secondary N) is 2. The molecular formula is C13H12N4OS. The Kier molecular flexibility index (Phi) is 2.79. The zero-order chi connectivity index (χ0) is 13.4. The predicted octanol–water partition coefficient (Wildman–Crippen LogP) is 2.89. The maximum atomic E-state index is 12.1. The molecule has 2 aromatic heterocycles. The molecular weight excluding hydrogens is 260 g/mol. The van der Waals surface area contributed by atoms with E-state index in [2.05, 4.69) is 26.6 Å². The van der Waals surface area contributed by atoms with Gasteiger partial charge in [0.25, 0.3) is 5.91 Å². The maximum Gasteiger partial charge on any atom is 0.273 e. The molecule has 0 saturated heterocycles. The Bertz CT molecular complexity index is 745. The van der Waals surface area contributed by atoms with Gasteiger partial charge in [-0.05, 0) is 37.1 Å². The number of fused-ring (bicyclic) bond motifs is 1. The van der Waals surface area contributed by atoms with E-state index in [1.165, 1.54) is 16.9 Å². The van der Waals surface area contributed by atoms with Crippen molar-refractivity contribution in [3.8, 4) is 0 Å². The molecule has 0 radical (unpaired) electrons. The van der Waals surface area contributed by atoms with Gasteiger partial charge in [0.2, 0.25) is 5.13 Å². The molecule has 2 N–H and O–H groups in total. The van der Waals surface area contributed by atoms with E-state index in [-0.39, 0.29) is 5.91 Å². The summed E-state index contributed by atoms with van der Waals surface area (Å²) in [7, 11) is 0. The second-order valence-electron chi connectivity index (χ2n) is 4.42. The highest BCUT2D eigenvalue weighted by atomic mass is 32.1. The van der Waals surface area contributed by atoms with E-state index in [0.717, 1.165) is 16.5 Å². The summed E-state index contributed by atoms with van der Waals surface area (Å²) >= 11 is 1.29. The SMILES string of the molecule is Cc1cc(C)c2cc(C(=O)Nc3nncs3)[nH]c2c1. The number of nitrogens with zero attached hydrogens (tertiary/aromatic N) is 2. The van der Waals surface area contributed by atoms with Gasteiger partial charge in [0.05, 0.1) is 0 Å². The van der Waals surface area contributed by atoms with Gasteiger partial charge in [-0.3, -0.25) is 10.1 Å². The molecule has 0 aliphatic carbocycles. The summed E-state index contributed by atoms with van der Waals surface area (Å²) in [6.07, 6.45) is 0. The van der Waals surface area contributed by atoms with Crippen molar-refractivity contribution < 1.29 is 4.79 Å². The first-order valence-corrected chi connectivity index (χ1v) is 6.69. The first-order chi connectivity index (χ1) is 9.13. The van der Waals surface area contributed by atoms with Gasteiger partial charge in [-0.1, -0.05) is 17.4 Å². The molecule has 0 spiro atoms. The Morgan fingerprint density at radius 2 is 2.16 bits per heavy atom. The number of H-pyrrole nitrogens is 1. The fraction of sp³-hybridized carbons (Fsp3) is 0.154. The van der Waals surface area contributed by atoms with Crippen molar-refractivity contribution in [2.75, 3.05) is 5.32 Å². The Balaban J connectivity index is 1.97. The average Bonchev–Trinajstić information content (AvgIpc) is 2.97. The molecule has 3 aromatic rings. The molecule has 0 unspecified atom stereocenters. The van der Waals surface area contributed by atoms with Crippen LogP contribution in [0.2, 0.25) is 0 Å². The van der Waals surface area contributed by atoms with Gasteiger partial charge in [-0.25, -0.2) is 0 Å². The number of benzene rings is 1. The van der Waals surface area contributed by atoms with E-state index in [9.17, 15) is 4.79 Å². The van der Waals surface area contributed by atoms with Crippen LogP contribution in [0.25, 0.3) is 10.9 Å². The van der Waals surface area contributed by atoms with Crippen molar-refractivity contribution in [3.63, 3.8) is 0 Å². The minimum atomic E-state index is -0.204. The first kappa shape index (κ1) is 11.9. The van der Waals surface area contributed by atoms with Gasteiger partial charge < -0.3 is 4.98 Å². The zero-order valence-corrected chi connectivity index (χ0v) is 11.3. The Labute approximate surface area is 113 Å². The predicted molar refractivity (Wildman–Crippen MR) is 75.6 cm³/mol. The van der Waals surface area contributed by atoms with E-state index in [4.69, 9.17) is 0 Å². The van der Waals surface area contributed by atoms with Crippen LogP contribution in [0.4, 0.5) is 5.13 Å². The normalized spacial score (nSPS) is 10.8. The molecule has 1 amide bonds. The quantitative estimate of drug-likeness (QED) is 0.753. The van der Waals surface area contributed by atoms with Crippen LogP contribution in [0.5, 0.6) is 0 Å². The smallest absolute Gasteiger partial charge is 0.273 e. The summed E-state index contributed by atoms with van der Waals surface area (Å²) in [5.74, 6) is -0.204. The number of hydrogen-bond acceptors (Lipinski definition) is 4. The standard InChI is InChI=1S/C13H12N4OS/c1-7-3-8(2)9-5-11(15-10(9)4-7)12(18)16-13-17-14-6-19-13/h3-6,15H,1-2H3,(H,16,17,18). The van der Waals surface area contributed by atoms with Crippen LogP contribution in [0.15, 0.2) is 23.7 Å². The van der Waals surface area contributed by atoms with Crippen LogP contribution in [-0.2, 0) is 0 Å². The van der Waals surface area contributed by atoms with Crippen LogP contribution in [0.3, 0.4) is 0 Å². The van der Waals surface area contributed by atoms with Crippen LogP contribution < -0.4 is 5.32 Å². The summed E-state index contributed by atoms with van der Waals surface area (Å²) in [6.45, 7) is 4.07. The van der Waals surface area contributed by atoms with Gasteiger partial charge in [0.1, 0.15) is 11.2 Å². The number of aromatic amines is 1. The second-order valence-corrected chi connectivity index (χ2v) is 5.26. The highest BCUT2D eigenvalue weighted by Gasteiger charge is 2.12. The van der Waals surface area contributed by atoms with Crippen molar-refractivity contribution in [1.29, 1.82) is 0 Å². The fourth-order valence-corrected chi connectivity index (χ4v) is 2.55. The molecule has 5 nitrogen and oxygen atoms in total. The number of carbonyl (C=O) groups is 1. The Morgan fingerprint density at radius 3 is 2.89 bits per heavy atom. The minimum Gasteiger partial charge on any atom is -0.351 e. The molecule has 0 aliphatic heterocycles. The minimum absolute atomic E-state index is 0.204. The number of carbonyl (C=O) groups excluding carboxylic acids is 1. The molecule has 19 heavy (non-hydrogen) atoms. The second kappa shape index (κ2) is 4.47. The number of hydrogen-bond donors (Lipinski definition) is 2. The summed E-state index contributed by atoms with van der Waals surface area (Å²) in [5.41, 5.74) is 5.40. The maximum absolute atomic E-state index is 12.1. The molecule has 0 bridgehead atoms. The molecule has 3 rings (SSSR count). The third-order valence-electron chi connectivity index (χ3n) is 2.91. The van der Waals surface area contributed by atoms with Crippen molar-refractivity contribution >= 4 is 33.3 Å². The summed E-state index contributed by atoms with van der Waals surface area (Å²) in [5, 5.41) is 11.7. The lowest BCUT2D eigenvalue weighted by molar-refractivity contribution is 0.102. The lowest BCUT2D eigenvalue weighted by Crippen LogP contribution is -2.11. The number of anilines is 1. The van der Waals surface area contributed by atoms with Crippen LogP contribution in [0, 0.1) is 13.8 Å². The van der Waals surface area contributed by atoms with E-state index in [0.29, 0.717) is 10.8 Å². The highest BCUT2D eigenvalue weighted by Crippen LogP contribution is 2.22. The van der Waals surface area contributed by atoms with Gasteiger partial charge in [-0.15, -0.1) is 10.2 Å². The molecule has 0 aliphatic rings. The summed E-state index contributed by atoms with van der Waals surface area (Å²) in [6, 6.07) is 5.99. The van der Waals surface area contributed by atoms with E-state index < -0.39 is 0 Å². The Morgan fingerprint density at radius 1 is 1.32 bits per heavy atom. The molecule has 96 valence electrons.